The Labute approximate surface area is 126 Å². The SMILES string of the molecule is O=C(O)CN1CCN(C(=O)/C=C/c2cc(CO)cs2)CC1. The molecule has 1 aromatic rings. The molecular weight excluding hydrogens is 292 g/mol. The van der Waals surface area contributed by atoms with Gasteiger partial charge >= 0.3 is 5.97 Å². The quantitative estimate of drug-likeness (QED) is 0.773. The Bertz CT molecular complexity index is 533. The highest BCUT2D eigenvalue weighted by molar-refractivity contribution is 7.11. The maximum absolute atomic E-state index is 12.0. The number of aliphatic carboxylic acids is 1. The first kappa shape index (κ1) is 15.7. The molecule has 2 heterocycles. The fourth-order valence-corrected chi connectivity index (χ4v) is 2.94. The van der Waals surface area contributed by atoms with Crippen molar-refractivity contribution >= 4 is 29.3 Å². The van der Waals surface area contributed by atoms with Crippen molar-refractivity contribution in [1.82, 2.24) is 9.80 Å². The molecule has 0 bridgehead atoms. The minimum atomic E-state index is -0.841. The van der Waals surface area contributed by atoms with Gasteiger partial charge in [0.05, 0.1) is 13.2 Å². The Morgan fingerprint density at radius 1 is 1.29 bits per heavy atom. The molecule has 0 spiro atoms. The molecule has 1 aliphatic rings. The lowest BCUT2D eigenvalue weighted by molar-refractivity contribution is -0.139. The van der Waals surface area contributed by atoms with Gasteiger partial charge in [0, 0.05) is 37.1 Å². The van der Waals surface area contributed by atoms with Crippen molar-refractivity contribution in [3.8, 4) is 0 Å². The Hall–Kier alpha value is -1.70. The molecule has 21 heavy (non-hydrogen) atoms. The zero-order chi connectivity index (χ0) is 15.2. The number of hydrogen-bond acceptors (Lipinski definition) is 5. The van der Waals surface area contributed by atoms with Crippen molar-refractivity contribution in [2.75, 3.05) is 32.7 Å². The van der Waals surface area contributed by atoms with Crippen LogP contribution in [-0.2, 0) is 16.2 Å². The molecule has 1 aromatic heterocycles. The van der Waals surface area contributed by atoms with Crippen LogP contribution in [0.4, 0.5) is 0 Å². The molecular formula is C14H18N2O4S. The van der Waals surface area contributed by atoms with Crippen LogP contribution >= 0.6 is 11.3 Å². The van der Waals surface area contributed by atoms with Crippen molar-refractivity contribution in [2.24, 2.45) is 0 Å². The van der Waals surface area contributed by atoms with Crippen molar-refractivity contribution in [3.05, 3.63) is 28.0 Å². The number of thiophene rings is 1. The van der Waals surface area contributed by atoms with Crippen molar-refractivity contribution < 1.29 is 19.8 Å². The first-order valence-corrected chi connectivity index (χ1v) is 7.56. The van der Waals surface area contributed by atoms with Gasteiger partial charge in [-0.3, -0.25) is 14.5 Å². The molecule has 7 heteroatoms. The summed E-state index contributed by atoms with van der Waals surface area (Å²) in [5.74, 6) is -0.907. The van der Waals surface area contributed by atoms with Crippen LogP contribution in [0.5, 0.6) is 0 Å². The second-order valence-electron chi connectivity index (χ2n) is 4.84. The van der Waals surface area contributed by atoms with Crippen LogP contribution in [0, 0.1) is 0 Å². The second kappa shape index (κ2) is 7.35. The third kappa shape index (κ3) is 4.66. The van der Waals surface area contributed by atoms with Crippen LogP contribution in [0.25, 0.3) is 6.08 Å². The van der Waals surface area contributed by atoms with Crippen molar-refractivity contribution in [1.29, 1.82) is 0 Å². The number of carboxylic acids is 1. The summed E-state index contributed by atoms with van der Waals surface area (Å²) in [5.41, 5.74) is 0.842. The highest BCUT2D eigenvalue weighted by atomic mass is 32.1. The molecule has 0 saturated carbocycles. The van der Waals surface area contributed by atoms with E-state index in [2.05, 4.69) is 0 Å². The van der Waals surface area contributed by atoms with Gasteiger partial charge in [-0.15, -0.1) is 11.3 Å². The van der Waals surface area contributed by atoms with Gasteiger partial charge in [0.15, 0.2) is 0 Å². The van der Waals surface area contributed by atoms with E-state index >= 15 is 0 Å². The maximum Gasteiger partial charge on any atom is 0.317 e. The average Bonchev–Trinajstić information content (AvgIpc) is 2.93. The van der Waals surface area contributed by atoms with E-state index in [1.807, 2.05) is 16.3 Å². The summed E-state index contributed by atoms with van der Waals surface area (Å²) in [6, 6.07) is 1.85. The van der Waals surface area contributed by atoms with E-state index in [1.165, 1.54) is 17.4 Å². The zero-order valence-electron chi connectivity index (χ0n) is 11.6. The number of carbonyl (C=O) groups is 2. The smallest absolute Gasteiger partial charge is 0.317 e. The fourth-order valence-electron chi connectivity index (χ4n) is 2.14. The number of carbonyl (C=O) groups excluding carboxylic acids is 1. The molecule has 2 rings (SSSR count). The third-order valence-corrected chi connectivity index (χ3v) is 4.24. The van der Waals surface area contributed by atoms with Crippen molar-refractivity contribution in [2.45, 2.75) is 6.61 Å². The molecule has 1 aliphatic heterocycles. The van der Waals surface area contributed by atoms with Crippen LogP contribution in [0.1, 0.15) is 10.4 Å². The summed E-state index contributed by atoms with van der Waals surface area (Å²) in [5, 5.41) is 19.6. The van der Waals surface area contributed by atoms with Crippen LogP contribution in [0.2, 0.25) is 0 Å². The molecule has 0 unspecified atom stereocenters. The number of piperazine rings is 1. The predicted octanol–water partition coefficient (Wildman–Crippen LogP) is 0.482. The Morgan fingerprint density at radius 3 is 2.57 bits per heavy atom. The highest BCUT2D eigenvalue weighted by Gasteiger charge is 2.20. The molecule has 0 radical (unpaired) electrons. The number of amides is 1. The number of carboxylic acid groups (broad SMARTS) is 1. The minimum absolute atomic E-state index is 0.00379. The minimum Gasteiger partial charge on any atom is -0.480 e. The lowest BCUT2D eigenvalue weighted by Gasteiger charge is -2.33. The first-order valence-electron chi connectivity index (χ1n) is 6.68. The highest BCUT2D eigenvalue weighted by Crippen LogP contribution is 2.16. The molecule has 0 aromatic carbocycles. The molecule has 1 amide bonds. The van der Waals surface area contributed by atoms with Gasteiger partial charge in [-0.1, -0.05) is 0 Å². The first-order chi connectivity index (χ1) is 10.1. The molecule has 6 nitrogen and oxygen atoms in total. The summed E-state index contributed by atoms with van der Waals surface area (Å²) >= 11 is 1.48. The summed E-state index contributed by atoms with van der Waals surface area (Å²) in [7, 11) is 0. The number of nitrogens with zero attached hydrogens (tertiary/aromatic N) is 2. The van der Waals surface area contributed by atoms with Gasteiger partial charge in [0.25, 0.3) is 0 Å². The van der Waals surface area contributed by atoms with E-state index in [4.69, 9.17) is 10.2 Å². The number of aliphatic hydroxyl groups excluding tert-OH is 1. The van der Waals surface area contributed by atoms with E-state index in [9.17, 15) is 9.59 Å². The van der Waals surface area contributed by atoms with Gasteiger partial charge < -0.3 is 15.1 Å². The standard InChI is InChI=1S/C14H18N2O4S/c17-9-11-7-12(21-10-11)1-2-13(18)16-5-3-15(4-6-16)8-14(19)20/h1-2,7,10,17H,3-6,8-9H2,(H,19,20)/b2-1+. The van der Waals surface area contributed by atoms with E-state index in [-0.39, 0.29) is 19.1 Å². The summed E-state index contributed by atoms with van der Waals surface area (Å²) < 4.78 is 0. The lowest BCUT2D eigenvalue weighted by Crippen LogP contribution is -2.49. The largest absolute Gasteiger partial charge is 0.480 e. The van der Waals surface area contributed by atoms with Crippen LogP contribution in [0.3, 0.4) is 0 Å². The number of aliphatic hydroxyl groups is 1. The predicted molar refractivity (Wildman–Crippen MR) is 79.9 cm³/mol. The van der Waals surface area contributed by atoms with Crippen molar-refractivity contribution in [3.63, 3.8) is 0 Å². The number of hydrogen-bond donors (Lipinski definition) is 2. The molecule has 0 aliphatic carbocycles. The Morgan fingerprint density at radius 2 is 2.00 bits per heavy atom. The average molecular weight is 310 g/mol. The monoisotopic (exact) mass is 310 g/mol. The van der Waals surface area contributed by atoms with Gasteiger partial charge in [-0.25, -0.2) is 0 Å². The molecule has 114 valence electrons. The van der Waals surface area contributed by atoms with Crippen LogP contribution in [-0.4, -0.2) is 64.6 Å². The fraction of sp³-hybridized carbons (Fsp3) is 0.429. The van der Waals surface area contributed by atoms with Crippen LogP contribution < -0.4 is 0 Å². The number of rotatable bonds is 5. The summed E-state index contributed by atoms with van der Waals surface area (Å²) in [6.45, 7) is 2.28. The van der Waals surface area contributed by atoms with Crippen LogP contribution in [0.15, 0.2) is 17.5 Å². The van der Waals surface area contributed by atoms with E-state index in [0.717, 1.165) is 10.4 Å². The van der Waals surface area contributed by atoms with E-state index in [1.54, 1.807) is 11.0 Å². The topological polar surface area (TPSA) is 81.1 Å². The molecule has 1 saturated heterocycles. The summed E-state index contributed by atoms with van der Waals surface area (Å²) in [6.07, 6.45) is 3.27. The van der Waals surface area contributed by atoms with Gasteiger partial charge in [-0.2, -0.15) is 0 Å². The third-order valence-electron chi connectivity index (χ3n) is 3.29. The van der Waals surface area contributed by atoms with Gasteiger partial charge in [-0.05, 0) is 23.1 Å². The maximum atomic E-state index is 12.0. The Kier molecular flexibility index (Phi) is 5.49. The van der Waals surface area contributed by atoms with Gasteiger partial charge in [0.1, 0.15) is 0 Å². The normalized spacial score (nSPS) is 16.5. The van der Waals surface area contributed by atoms with Gasteiger partial charge in [0.2, 0.25) is 5.91 Å². The second-order valence-corrected chi connectivity index (χ2v) is 5.79. The summed E-state index contributed by atoms with van der Waals surface area (Å²) in [4.78, 5) is 27.1. The van der Waals surface area contributed by atoms with E-state index < -0.39 is 5.97 Å². The lowest BCUT2D eigenvalue weighted by atomic mass is 10.3. The zero-order valence-corrected chi connectivity index (χ0v) is 12.4. The molecule has 0 atom stereocenters. The molecule has 2 N–H and O–H groups in total. The molecule has 1 fully saturated rings. The van der Waals surface area contributed by atoms with E-state index in [0.29, 0.717) is 26.2 Å². The Balaban J connectivity index is 1.83.